The summed E-state index contributed by atoms with van der Waals surface area (Å²) in [7, 11) is 2.11. The first kappa shape index (κ1) is 18.1. The van der Waals surface area contributed by atoms with Gasteiger partial charge in [-0.1, -0.05) is 32.9 Å². The smallest absolute Gasteiger partial charge is 0.382 e. The Bertz CT molecular complexity index is 480. The lowest BCUT2D eigenvalue weighted by atomic mass is 9.76. The molecule has 1 aliphatic heterocycles. The van der Waals surface area contributed by atoms with Crippen LogP contribution < -0.4 is 5.32 Å². The van der Waals surface area contributed by atoms with Gasteiger partial charge in [-0.15, -0.1) is 0 Å². The molecule has 1 aromatic rings. The molecule has 1 heterocycles. The van der Waals surface area contributed by atoms with Crippen LogP contribution in [-0.4, -0.2) is 37.3 Å². The lowest BCUT2D eigenvalue weighted by molar-refractivity contribution is -0.171. The number of anilines is 1. The Hall–Kier alpha value is -1.23. The maximum absolute atomic E-state index is 13.4. The number of nitrogens with zero attached hydrogens (tertiary/aromatic N) is 1. The number of hydrogen-bond donors (Lipinski definition) is 1. The number of halogens is 3. The van der Waals surface area contributed by atoms with Gasteiger partial charge in [0.05, 0.1) is 5.92 Å². The fourth-order valence-corrected chi connectivity index (χ4v) is 3.34. The van der Waals surface area contributed by atoms with Crippen molar-refractivity contribution in [1.29, 1.82) is 0 Å². The molecular weight excluding hydrogens is 301 g/mol. The molecule has 1 aliphatic rings. The molecule has 1 fully saturated rings. The third kappa shape index (κ3) is 4.87. The number of hydrogen-bond acceptors (Lipinski definition) is 2. The van der Waals surface area contributed by atoms with Crippen LogP contribution in [-0.2, 0) is 0 Å². The van der Waals surface area contributed by atoms with Crippen LogP contribution in [0.4, 0.5) is 18.9 Å². The zero-order valence-electron chi connectivity index (χ0n) is 14.4. The van der Waals surface area contributed by atoms with Gasteiger partial charge in [-0.25, -0.2) is 0 Å². The minimum absolute atomic E-state index is 0.332. The molecule has 0 spiro atoms. The number of likely N-dealkylation sites (tertiary alicyclic amines) is 1. The Kier molecular flexibility index (Phi) is 5.29. The average molecular weight is 328 g/mol. The second-order valence-corrected chi connectivity index (χ2v) is 7.68. The molecule has 1 saturated heterocycles. The summed E-state index contributed by atoms with van der Waals surface area (Å²) in [6.45, 7) is 7.01. The van der Waals surface area contributed by atoms with Crippen LogP contribution in [0.5, 0.6) is 0 Å². The summed E-state index contributed by atoms with van der Waals surface area (Å²) in [6.07, 6.45) is -2.11. The molecular formula is C18H27F3N2. The topological polar surface area (TPSA) is 15.3 Å². The highest BCUT2D eigenvalue weighted by atomic mass is 19.4. The van der Waals surface area contributed by atoms with E-state index in [1.807, 2.05) is 0 Å². The molecule has 5 heteroatoms. The third-order valence-corrected chi connectivity index (χ3v) is 4.53. The standard InChI is InChI=1S/C18H27F3N2/c1-17(2,3)16(18(19,20)21)13-5-7-14(8-6-13)22-15-9-11-23(4)12-10-15/h5-8,15-16,22H,9-12H2,1-4H3. The van der Waals surface area contributed by atoms with Crippen LogP contribution >= 0.6 is 0 Å². The van der Waals surface area contributed by atoms with Crippen molar-refractivity contribution < 1.29 is 13.2 Å². The van der Waals surface area contributed by atoms with Crippen molar-refractivity contribution in [3.63, 3.8) is 0 Å². The van der Waals surface area contributed by atoms with E-state index in [0.29, 0.717) is 11.6 Å². The van der Waals surface area contributed by atoms with Crippen LogP contribution in [0.3, 0.4) is 0 Å². The Morgan fingerprint density at radius 3 is 2.00 bits per heavy atom. The van der Waals surface area contributed by atoms with Gasteiger partial charge in [0, 0.05) is 11.7 Å². The van der Waals surface area contributed by atoms with E-state index in [1.165, 1.54) is 0 Å². The van der Waals surface area contributed by atoms with Crippen molar-refractivity contribution in [2.45, 2.75) is 51.7 Å². The van der Waals surface area contributed by atoms with Crippen LogP contribution in [0.1, 0.15) is 45.1 Å². The van der Waals surface area contributed by atoms with E-state index >= 15 is 0 Å². The highest BCUT2D eigenvalue weighted by molar-refractivity contribution is 5.46. The summed E-state index contributed by atoms with van der Waals surface area (Å²) in [5.41, 5.74) is 0.373. The molecule has 0 saturated carbocycles. The van der Waals surface area contributed by atoms with Gasteiger partial charge in [0.1, 0.15) is 0 Å². The summed E-state index contributed by atoms with van der Waals surface area (Å²) in [4.78, 5) is 2.29. The van der Waals surface area contributed by atoms with Crippen molar-refractivity contribution in [1.82, 2.24) is 4.90 Å². The maximum Gasteiger partial charge on any atom is 0.396 e. The number of benzene rings is 1. The Balaban J connectivity index is 2.09. The Morgan fingerprint density at radius 2 is 1.57 bits per heavy atom. The van der Waals surface area contributed by atoms with Gasteiger partial charge in [-0.05, 0) is 56.1 Å². The minimum Gasteiger partial charge on any atom is -0.382 e. The van der Waals surface area contributed by atoms with Crippen molar-refractivity contribution in [3.8, 4) is 0 Å². The number of nitrogens with one attached hydrogen (secondary N) is 1. The largest absolute Gasteiger partial charge is 0.396 e. The summed E-state index contributed by atoms with van der Waals surface area (Å²) in [5, 5.41) is 3.44. The number of piperidine rings is 1. The zero-order chi connectivity index (χ0) is 17.3. The molecule has 1 atom stereocenters. The fraction of sp³-hybridized carbons (Fsp3) is 0.667. The van der Waals surface area contributed by atoms with E-state index in [2.05, 4.69) is 17.3 Å². The predicted molar refractivity (Wildman–Crippen MR) is 88.8 cm³/mol. The fourth-order valence-electron chi connectivity index (χ4n) is 3.34. The Labute approximate surface area is 137 Å². The molecule has 1 N–H and O–H groups in total. The number of alkyl halides is 3. The van der Waals surface area contributed by atoms with Crippen LogP contribution in [0.25, 0.3) is 0 Å². The van der Waals surface area contributed by atoms with E-state index in [9.17, 15) is 13.2 Å². The van der Waals surface area contributed by atoms with Crippen molar-refractivity contribution >= 4 is 5.69 Å². The van der Waals surface area contributed by atoms with E-state index in [0.717, 1.165) is 31.6 Å². The summed E-state index contributed by atoms with van der Waals surface area (Å²) in [5.74, 6) is -1.45. The number of rotatable bonds is 3. The molecule has 0 aromatic heterocycles. The van der Waals surface area contributed by atoms with Crippen molar-refractivity contribution in [2.24, 2.45) is 5.41 Å². The lowest BCUT2D eigenvalue weighted by Crippen LogP contribution is -2.36. The minimum atomic E-state index is -4.23. The van der Waals surface area contributed by atoms with Gasteiger partial charge in [-0.2, -0.15) is 13.2 Å². The highest BCUT2D eigenvalue weighted by Crippen LogP contribution is 2.46. The molecule has 1 unspecified atom stereocenters. The SMILES string of the molecule is CN1CCC(Nc2ccc(C(C(C)(C)C)C(F)(F)F)cc2)CC1. The average Bonchev–Trinajstić information content (AvgIpc) is 2.40. The molecule has 0 aliphatic carbocycles. The van der Waals surface area contributed by atoms with Gasteiger partial charge >= 0.3 is 6.18 Å². The molecule has 1 aromatic carbocycles. The molecule has 2 nitrogen and oxygen atoms in total. The van der Waals surface area contributed by atoms with E-state index in [1.54, 1.807) is 45.0 Å². The van der Waals surface area contributed by atoms with E-state index < -0.39 is 17.5 Å². The second-order valence-electron chi connectivity index (χ2n) is 7.68. The molecule has 130 valence electrons. The van der Waals surface area contributed by atoms with Crippen LogP contribution in [0, 0.1) is 5.41 Å². The molecule has 2 rings (SSSR count). The monoisotopic (exact) mass is 328 g/mol. The molecule has 0 radical (unpaired) electrons. The van der Waals surface area contributed by atoms with Crippen LogP contribution in [0.15, 0.2) is 24.3 Å². The summed E-state index contributed by atoms with van der Waals surface area (Å²) in [6, 6.07) is 7.18. The van der Waals surface area contributed by atoms with Gasteiger partial charge in [0.25, 0.3) is 0 Å². The van der Waals surface area contributed by atoms with Crippen molar-refractivity contribution in [2.75, 3.05) is 25.5 Å². The zero-order valence-corrected chi connectivity index (χ0v) is 14.4. The summed E-state index contributed by atoms with van der Waals surface area (Å²) >= 11 is 0. The third-order valence-electron chi connectivity index (χ3n) is 4.53. The first-order valence-electron chi connectivity index (χ1n) is 8.19. The quantitative estimate of drug-likeness (QED) is 0.850. The van der Waals surface area contributed by atoms with E-state index in [4.69, 9.17) is 0 Å². The Morgan fingerprint density at radius 1 is 1.04 bits per heavy atom. The predicted octanol–water partition coefficient (Wildman–Crippen LogP) is 4.88. The summed E-state index contributed by atoms with van der Waals surface area (Å²) < 4.78 is 40.2. The van der Waals surface area contributed by atoms with Gasteiger partial charge in [0.2, 0.25) is 0 Å². The van der Waals surface area contributed by atoms with Gasteiger partial charge in [-0.3, -0.25) is 0 Å². The molecule has 23 heavy (non-hydrogen) atoms. The van der Waals surface area contributed by atoms with Gasteiger partial charge in [0.15, 0.2) is 0 Å². The molecule has 0 bridgehead atoms. The maximum atomic E-state index is 13.4. The highest BCUT2D eigenvalue weighted by Gasteiger charge is 2.47. The molecule has 0 amide bonds. The first-order chi connectivity index (χ1) is 10.6. The lowest BCUT2D eigenvalue weighted by Gasteiger charge is -2.33. The van der Waals surface area contributed by atoms with E-state index in [-0.39, 0.29) is 0 Å². The van der Waals surface area contributed by atoms with Gasteiger partial charge < -0.3 is 10.2 Å². The first-order valence-corrected chi connectivity index (χ1v) is 8.19. The van der Waals surface area contributed by atoms with Crippen LogP contribution in [0.2, 0.25) is 0 Å². The van der Waals surface area contributed by atoms with Crippen molar-refractivity contribution in [3.05, 3.63) is 29.8 Å². The second kappa shape index (κ2) is 6.71. The normalized spacial score (nSPS) is 19.6.